The summed E-state index contributed by atoms with van der Waals surface area (Å²) in [4.78, 5) is 4.16. The molecule has 0 amide bonds. The van der Waals surface area contributed by atoms with E-state index >= 15 is 0 Å². The fourth-order valence-corrected chi connectivity index (χ4v) is 2.20. The number of rotatable bonds is 1. The Bertz CT molecular complexity index is 337. The van der Waals surface area contributed by atoms with E-state index in [2.05, 4.69) is 10.4 Å². The van der Waals surface area contributed by atoms with Gasteiger partial charge in [0.1, 0.15) is 10.0 Å². The van der Waals surface area contributed by atoms with E-state index in [1.165, 1.54) is 11.3 Å². The van der Waals surface area contributed by atoms with Gasteiger partial charge in [0.15, 0.2) is 0 Å². The van der Waals surface area contributed by atoms with Crippen LogP contribution in [0.4, 0.5) is 5.00 Å². The van der Waals surface area contributed by atoms with Crippen LogP contribution in [0.5, 0.6) is 0 Å². The highest BCUT2D eigenvalue weighted by molar-refractivity contribution is 7.19. The number of hydrogen-bond acceptors (Lipinski definition) is 4. The Morgan fingerprint density at radius 2 is 2.36 bits per heavy atom. The minimum Gasteiger partial charge on any atom is -0.389 e. The van der Waals surface area contributed by atoms with Gasteiger partial charge in [-0.2, -0.15) is 11.3 Å². The molecule has 0 aliphatic rings. The fraction of sp³-hybridized carbons (Fsp3) is 0. The normalized spacial score (nSPS) is 10.2. The van der Waals surface area contributed by atoms with Crippen LogP contribution in [0.25, 0.3) is 10.6 Å². The van der Waals surface area contributed by atoms with Crippen molar-refractivity contribution in [3.8, 4) is 10.6 Å². The van der Waals surface area contributed by atoms with Crippen molar-refractivity contribution in [3.05, 3.63) is 23.0 Å². The van der Waals surface area contributed by atoms with Crippen molar-refractivity contribution in [3.63, 3.8) is 0 Å². The molecule has 0 aromatic carbocycles. The molecule has 2 heterocycles. The van der Waals surface area contributed by atoms with Gasteiger partial charge in [-0.3, -0.25) is 0 Å². The first-order valence-corrected chi connectivity index (χ1v) is 4.86. The second kappa shape index (κ2) is 2.64. The number of nitrogens with zero attached hydrogens (tertiary/aromatic N) is 1. The van der Waals surface area contributed by atoms with Crippen LogP contribution in [0.15, 0.2) is 23.0 Å². The third-order valence-electron chi connectivity index (χ3n) is 1.29. The summed E-state index contributed by atoms with van der Waals surface area (Å²) in [5, 5.41) is 5.88. The quantitative estimate of drug-likeness (QED) is 0.735. The van der Waals surface area contributed by atoms with Crippen LogP contribution < -0.4 is 5.73 Å². The molecule has 0 spiro atoms. The Hall–Kier alpha value is -0.870. The predicted molar refractivity (Wildman–Crippen MR) is 49.8 cm³/mol. The molecule has 0 saturated carbocycles. The van der Waals surface area contributed by atoms with E-state index < -0.39 is 0 Å². The zero-order valence-corrected chi connectivity index (χ0v) is 7.28. The first-order chi connectivity index (χ1) is 5.36. The maximum atomic E-state index is 5.54. The van der Waals surface area contributed by atoms with Crippen LogP contribution in [-0.4, -0.2) is 4.98 Å². The molecule has 2 N–H and O–H groups in total. The molecular weight excluding hydrogens is 176 g/mol. The second-order valence-electron chi connectivity index (χ2n) is 2.08. The highest BCUT2D eigenvalue weighted by Gasteiger charge is 2.01. The Morgan fingerprint density at radius 3 is 2.91 bits per heavy atom. The standard InChI is InChI=1S/C7H6N2S2/c8-6-3-9-7(11-6)5-1-2-10-4-5/h1-4H,8H2. The van der Waals surface area contributed by atoms with Crippen molar-refractivity contribution < 1.29 is 0 Å². The SMILES string of the molecule is Nc1cnc(-c2ccsc2)s1. The van der Waals surface area contributed by atoms with Gasteiger partial charge in [0, 0.05) is 10.9 Å². The van der Waals surface area contributed by atoms with Crippen molar-refractivity contribution in [2.45, 2.75) is 0 Å². The average molecular weight is 182 g/mol. The lowest BCUT2D eigenvalue weighted by atomic mass is 10.4. The molecule has 2 aromatic rings. The molecule has 56 valence electrons. The highest BCUT2D eigenvalue weighted by atomic mass is 32.1. The van der Waals surface area contributed by atoms with Gasteiger partial charge in [-0.15, -0.1) is 0 Å². The zero-order valence-electron chi connectivity index (χ0n) is 5.65. The minimum atomic E-state index is 0.770. The molecular formula is C7H6N2S2. The van der Waals surface area contributed by atoms with E-state index in [4.69, 9.17) is 5.73 Å². The van der Waals surface area contributed by atoms with Crippen LogP contribution in [0.3, 0.4) is 0 Å². The lowest BCUT2D eigenvalue weighted by Gasteiger charge is -1.84. The Morgan fingerprint density at radius 1 is 1.45 bits per heavy atom. The van der Waals surface area contributed by atoms with Crippen LogP contribution in [-0.2, 0) is 0 Å². The van der Waals surface area contributed by atoms with Crippen LogP contribution >= 0.6 is 22.7 Å². The van der Waals surface area contributed by atoms with Gasteiger partial charge in [0.2, 0.25) is 0 Å². The van der Waals surface area contributed by atoms with Gasteiger partial charge in [0.25, 0.3) is 0 Å². The first-order valence-electron chi connectivity index (χ1n) is 3.10. The van der Waals surface area contributed by atoms with Crippen molar-refractivity contribution >= 4 is 27.7 Å². The topological polar surface area (TPSA) is 38.9 Å². The lowest BCUT2D eigenvalue weighted by Crippen LogP contribution is -1.73. The summed E-state index contributed by atoms with van der Waals surface area (Å²) in [7, 11) is 0. The molecule has 0 atom stereocenters. The molecule has 0 aliphatic heterocycles. The molecule has 2 rings (SSSR count). The third kappa shape index (κ3) is 1.27. The molecule has 2 aromatic heterocycles. The summed E-state index contributed by atoms with van der Waals surface area (Å²) in [6, 6.07) is 2.04. The zero-order chi connectivity index (χ0) is 7.68. The van der Waals surface area contributed by atoms with Gasteiger partial charge in [-0.1, -0.05) is 11.3 Å². The number of nitrogens with two attached hydrogens (primary N) is 1. The van der Waals surface area contributed by atoms with E-state index in [0.29, 0.717) is 0 Å². The summed E-state index contributed by atoms with van der Waals surface area (Å²) >= 11 is 3.19. The monoisotopic (exact) mass is 182 g/mol. The number of thiazole rings is 1. The van der Waals surface area contributed by atoms with Crippen molar-refractivity contribution in [1.29, 1.82) is 0 Å². The Balaban J connectivity index is 2.45. The summed E-state index contributed by atoms with van der Waals surface area (Å²) in [5.74, 6) is 0. The summed E-state index contributed by atoms with van der Waals surface area (Å²) < 4.78 is 0. The van der Waals surface area contributed by atoms with Gasteiger partial charge in [0.05, 0.1) is 6.20 Å². The summed E-state index contributed by atoms with van der Waals surface area (Å²) in [5.41, 5.74) is 6.71. The van der Waals surface area contributed by atoms with Gasteiger partial charge < -0.3 is 5.73 Å². The van der Waals surface area contributed by atoms with E-state index in [-0.39, 0.29) is 0 Å². The maximum absolute atomic E-state index is 5.54. The summed E-state index contributed by atoms with van der Waals surface area (Å²) in [6.07, 6.45) is 1.69. The number of anilines is 1. The van der Waals surface area contributed by atoms with E-state index in [9.17, 15) is 0 Å². The van der Waals surface area contributed by atoms with Crippen LogP contribution in [0.2, 0.25) is 0 Å². The Labute approximate surface area is 72.3 Å². The number of aromatic nitrogens is 1. The van der Waals surface area contributed by atoms with Crippen molar-refractivity contribution in [2.75, 3.05) is 5.73 Å². The van der Waals surface area contributed by atoms with Gasteiger partial charge in [-0.05, 0) is 11.4 Å². The molecule has 4 heteroatoms. The maximum Gasteiger partial charge on any atom is 0.126 e. The number of hydrogen-bond donors (Lipinski definition) is 1. The minimum absolute atomic E-state index is 0.770. The fourth-order valence-electron chi connectivity index (χ4n) is 0.806. The summed E-state index contributed by atoms with van der Waals surface area (Å²) in [6.45, 7) is 0. The molecule has 0 aliphatic carbocycles. The van der Waals surface area contributed by atoms with Gasteiger partial charge in [-0.25, -0.2) is 4.98 Å². The van der Waals surface area contributed by atoms with Crippen molar-refractivity contribution in [2.24, 2.45) is 0 Å². The largest absolute Gasteiger partial charge is 0.389 e. The van der Waals surface area contributed by atoms with E-state index in [1.54, 1.807) is 17.5 Å². The molecule has 0 bridgehead atoms. The first kappa shape index (κ1) is 6.82. The smallest absolute Gasteiger partial charge is 0.126 e. The second-order valence-corrected chi connectivity index (χ2v) is 3.92. The Kier molecular flexibility index (Phi) is 1.63. The van der Waals surface area contributed by atoms with Crippen LogP contribution in [0.1, 0.15) is 0 Å². The van der Waals surface area contributed by atoms with E-state index in [1.807, 2.05) is 11.4 Å². The molecule has 2 nitrogen and oxygen atoms in total. The molecule has 11 heavy (non-hydrogen) atoms. The molecule has 0 fully saturated rings. The van der Waals surface area contributed by atoms with E-state index in [0.717, 1.165) is 15.6 Å². The highest BCUT2D eigenvalue weighted by Crippen LogP contribution is 2.27. The lowest BCUT2D eigenvalue weighted by molar-refractivity contribution is 1.42. The number of nitrogen functional groups attached to an aromatic ring is 1. The molecule has 0 radical (unpaired) electrons. The molecule has 0 saturated heterocycles. The van der Waals surface area contributed by atoms with Gasteiger partial charge >= 0.3 is 0 Å². The molecule has 0 unspecified atom stereocenters. The third-order valence-corrected chi connectivity index (χ3v) is 2.85. The van der Waals surface area contributed by atoms with Crippen molar-refractivity contribution in [1.82, 2.24) is 4.98 Å². The average Bonchev–Trinajstić information content (AvgIpc) is 2.55. The number of thiophene rings is 1. The van der Waals surface area contributed by atoms with Crippen LogP contribution in [0, 0.1) is 0 Å². The predicted octanol–water partition coefficient (Wildman–Crippen LogP) is 2.45.